The fourth-order valence-electron chi connectivity index (χ4n) is 3.01. The molecule has 0 aromatic rings. The molecule has 0 amide bonds. The van der Waals surface area contributed by atoms with Crippen molar-refractivity contribution in [2.45, 2.75) is 51.9 Å². The van der Waals surface area contributed by atoms with Gasteiger partial charge >= 0.3 is 0 Å². The Labute approximate surface area is 80.0 Å². The molecule has 0 radical (unpaired) electrons. The third-order valence-corrected chi connectivity index (χ3v) is 4.03. The van der Waals surface area contributed by atoms with Gasteiger partial charge in [0.05, 0.1) is 5.41 Å². The maximum absolute atomic E-state index is 8.94. The number of rotatable bonds is 0. The Balaban J connectivity index is 2.16. The van der Waals surface area contributed by atoms with Gasteiger partial charge in [0.2, 0.25) is 0 Å². The minimum absolute atomic E-state index is 0.321. The first kappa shape index (κ1) is 8.96. The van der Waals surface area contributed by atoms with Crippen molar-refractivity contribution >= 4 is 5.71 Å². The molecular weight excluding hydrogens is 160 g/mol. The van der Waals surface area contributed by atoms with E-state index in [4.69, 9.17) is 5.53 Å². The second kappa shape index (κ2) is 3.26. The lowest BCUT2D eigenvalue weighted by molar-refractivity contribution is -0.0245. The van der Waals surface area contributed by atoms with Crippen LogP contribution in [0.2, 0.25) is 0 Å². The summed E-state index contributed by atoms with van der Waals surface area (Å²) in [6, 6.07) is 0. The van der Waals surface area contributed by atoms with Gasteiger partial charge in [-0.25, -0.2) is 0 Å². The Bertz CT molecular complexity index is 243. The second-order valence-corrected chi connectivity index (χ2v) is 4.86. The van der Waals surface area contributed by atoms with Gasteiger partial charge in [0, 0.05) is 6.42 Å². The van der Waals surface area contributed by atoms with Gasteiger partial charge in [0.1, 0.15) is 0 Å². The van der Waals surface area contributed by atoms with E-state index in [2.05, 4.69) is 11.7 Å². The molecule has 0 N–H and O–H groups in total. The molecule has 2 heteroatoms. The van der Waals surface area contributed by atoms with Crippen LogP contribution in [0.3, 0.4) is 0 Å². The van der Waals surface area contributed by atoms with Crippen molar-refractivity contribution in [1.29, 1.82) is 0 Å². The normalized spacial score (nSPS) is 39.5. The number of nitrogens with zero attached hydrogens (tertiary/aromatic N) is 2. The van der Waals surface area contributed by atoms with E-state index in [-0.39, 0.29) is 0 Å². The monoisotopic (exact) mass is 178 g/mol. The summed E-state index contributed by atoms with van der Waals surface area (Å²) in [7, 11) is 0. The van der Waals surface area contributed by atoms with E-state index in [9.17, 15) is 0 Å². The van der Waals surface area contributed by atoms with E-state index >= 15 is 0 Å². The molecule has 0 aromatic carbocycles. The molecule has 1 spiro atoms. The van der Waals surface area contributed by atoms with Gasteiger partial charge in [-0.15, -0.1) is 0 Å². The topological polar surface area (TPSA) is 36.4 Å². The van der Waals surface area contributed by atoms with Crippen molar-refractivity contribution in [2.75, 3.05) is 0 Å². The van der Waals surface area contributed by atoms with Crippen molar-refractivity contribution in [1.82, 2.24) is 0 Å². The van der Waals surface area contributed by atoms with Crippen LogP contribution in [0.5, 0.6) is 0 Å². The number of hydrogen-bond donors (Lipinski definition) is 0. The molecule has 0 bridgehead atoms. The van der Waals surface area contributed by atoms with Crippen LogP contribution in [0.15, 0.2) is 0 Å². The van der Waals surface area contributed by atoms with E-state index < -0.39 is 0 Å². The van der Waals surface area contributed by atoms with Crippen LogP contribution in [0, 0.1) is 11.3 Å². The molecule has 0 unspecified atom stereocenters. The molecular formula is C11H18N2. The first-order chi connectivity index (χ1) is 6.27. The smallest absolute Gasteiger partial charge is 0.274 e. The summed E-state index contributed by atoms with van der Waals surface area (Å²) >= 11 is 0. The van der Waals surface area contributed by atoms with Gasteiger partial charge in [-0.1, -0.05) is 6.92 Å². The van der Waals surface area contributed by atoms with Gasteiger partial charge in [0.15, 0.2) is 0 Å². The van der Waals surface area contributed by atoms with Crippen LogP contribution in [0.1, 0.15) is 51.9 Å². The van der Waals surface area contributed by atoms with Gasteiger partial charge in [-0.05, 0) is 44.4 Å². The lowest BCUT2D eigenvalue weighted by Crippen LogP contribution is -2.31. The SMILES string of the molecule is CC1CCC2(CCCC2=[N+]=[N-])CC1. The van der Waals surface area contributed by atoms with Crippen LogP contribution in [0.4, 0.5) is 0 Å². The lowest BCUT2D eigenvalue weighted by atomic mass is 9.69. The first-order valence-corrected chi connectivity index (χ1v) is 5.48. The summed E-state index contributed by atoms with van der Waals surface area (Å²) in [5.74, 6) is 0.881. The van der Waals surface area contributed by atoms with Crippen molar-refractivity contribution < 1.29 is 4.79 Å². The van der Waals surface area contributed by atoms with Crippen LogP contribution >= 0.6 is 0 Å². The average Bonchev–Trinajstić information content (AvgIpc) is 2.54. The van der Waals surface area contributed by atoms with E-state index in [1.807, 2.05) is 0 Å². The molecule has 0 saturated heterocycles. The highest BCUT2D eigenvalue weighted by Crippen LogP contribution is 2.47. The highest BCUT2D eigenvalue weighted by atomic mass is 14.9. The molecule has 2 rings (SSSR count). The summed E-state index contributed by atoms with van der Waals surface area (Å²) in [5, 5.41) is 0. The zero-order chi connectivity index (χ0) is 9.31. The van der Waals surface area contributed by atoms with Crippen molar-refractivity contribution in [3.8, 4) is 0 Å². The third kappa shape index (κ3) is 1.44. The van der Waals surface area contributed by atoms with Crippen LogP contribution < -0.4 is 0 Å². The maximum atomic E-state index is 8.94. The molecule has 0 aliphatic heterocycles. The van der Waals surface area contributed by atoms with Crippen molar-refractivity contribution in [2.24, 2.45) is 11.3 Å². The fourth-order valence-corrected chi connectivity index (χ4v) is 3.01. The molecule has 0 heterocycles. The lowest BCUT2D eigenvalue weighted by Gasteiger charge is -2.32. The predicted molar refractivity (Wildman–Crippen MR) is 52.5 cm³/mol. The highest BCUT2D eigenvalue weighted by Gasteiger charge is 2.47. The summed E-state index contributed by atoms with van der Waals surface area (Å²) in [6.45, 7) is 2.33. The highest BCUT2D eigenvalue weighted by molar-refractivity contribution is 5.87. The summed E-state index contributed by atoms with van der Waals surface area (Å²) in [4.78, 5) is 3.51. The zero-order valence-electron chi connectivity index (χ0n) is 8.42. The molecule has 2 aliphatic rings. The summed E-state index contributed by atoms with van der Waals surface area (Å²) < 4.78 is 0. The average molecular weight is 178 g/mol. The van der Waals surface area contributed by atoms with Gasteiger partial charge in [0.25, 0.3) is 5.71 Å². The minimum atomic E-state index is 0.321. The summed E-state index contributed by atoms with van der Waals surface area (Å²) in [5.41, 5.74) is 10.4. The van der Waals surface area contributed by atoms with Gasteiger partial charge in [-0.3, -0.25) is 0 Å². The molecule has 0 atom stereocenters. The van der Waals surface area contributed by atoms with E-state index in [1.165, 1.54) is 38.5 Å². The Morgan fingerprint density at radius 2 is 2.00 bits per heavy atom. The van der Waals surface area contributed by atoms with Crippen LogP contribution in [0.25, 0.3) is 5.53 Å². The standard InChI is InChI=1S/C11H18N2/c1-9-4-7-11(8-5-9)6-2-3-10(11)13-12/h9H,2-8H2,1H3. The fraction of sp³-hybridized carbons (Fsp3) is 0.909. The number of hydrogen-bond acceptors (Lipinski definition) is 0. The van der Waals surface area contributed by atoms with E-state index in [0.717, 1.165) is 18.1 Å². The van der Waals surface area contributed by atoms with E-state index in [0.29, 0.717) is 5.41 Å². The Morgan fingerprint density at radius 1 is 1.31 bits per heavy atom. The predicted octanol–water partition coefficient (Wildman–Crippen LogP) is 3.04. The summed E-state index contributed by atoms with van der Waals surface area (Å²) in [6.07, 6.45) is 8.68. The largest absolute Gasteiger partial charge is 0.362 e. The Kier molecular flexibility index (Phi) is 2.25. The zero-order valence-corrected chi connectivity index (χ0v) is 8.42. The molecule has 72 valence electrons. The molecule has 2 aliphatic carbocycles. The molecule has 13 heavy (non-hydrogen) atoms. The molecule has 2 nitrogen and oxygen atoms in total. The van der Waals surface area contributed by atoms with Crippen molar-refractivity contribution in [3.63, 3.8) is 0 Å². The maximum Gasteiger partial charge on any atom is 0.274 e. The van der Waals surface area contributed by atoms with Crippen LogP contribution in [-0.2, 0) is 0 Å². The molecule has 2 fully saturated rings. The Hall–Kier alpha value is -0.620. The second-order valence-electron chi connectivity index (χ2n) is 4.86. The minimum Gasteiger partial charge on any atom is -0.362 e. The van der Waals surface area contributed by atoms with Gasteiger partial charge in [-0.2, -0.15) is 4.79 Å². The van der Waals surface area contributed by atoms with Crippen molar-refractivity contribution in [3.05, 3.63) is 5.53 Å². The quantitative estimate of drug-likeness (QED) is 0.404. The first-order valence-electron chi connectivity index (χ1n) is 5.48. The van der Waals surface area contributed by atoms with Gasteiger partial charge < -0.3 is 5.53 Å². The third-order valence-electron chi connectivity index (χ3n) is 4.03. The van der Waals surface area contributed by atoms with E-state index in [1.54, 1.807) is 0 Å². The van der Waals surface area contributed by atoms with Crippen LogP contribution in [-0.4, -0.2) is 10.5 Å². The molecule has 2 saturated carbocycles. The Morgan fingerprint density at radius 3 is 2.62 bits per heavy atom. The molecule has 0 aromatic heterocycles.